The third-order valence-electron chi connectivity index (χ3n) is 2.43. The Morgan fingerprint density at radius 1 is 1.56 bits per heavy atom. The maximum atomic E-state index is 10.5. The average molecular weight is 224 g/mol. The number of carbonyl (C=O) groups is 1. The smallest absolute Gasteiger partial charge is 0.217 e. The molecule has 0 unspecified atom stereocenters. The van der Waals surface area contributed by atoms with Gasteiger partial charge in [0, 0.05) is 20.0 Å². The first-order valence-electron chi connectivity index (χ1n) is 5.58. The first kappa shape index (κ1) is 12.7. The van der Waals surface area contributed by atoms with Gasteiger partial charge in [-0.1, -0.05) is 0 Å². The number of hydrogen-bond acceptors (Lipinski definition) is 3. The molecule has 0 fully saturated rings. The van der Waals surface area contributed by atoms with Crippen LogP contribution in [0.25, 0.3) is 0 Å². The van der Waals surface area contributed by atoms with Crippen LogP contribution < -0.4 is 11.1 Å². The van der Waals surface area contributed by atoms with Gasteiger partial charge in [0.1, 0.15) is 0 Å². The molecule has 1 amide bonds. The van der Waals surface area contributed by atoms with Gasteiger partial charge < -0.3 is 11.1 Å². The zero-order valence-corrected chi connectivity index (χ0v) is 9.99. The summed E-state index contributed by atoms with van der Waals surface area (Å²) in [5, 5.41) is 7.58. The quantitative estimate of drug-likeness (QED) is 0.661. The normalized spacial score (nSPS) is 10.6. The minimum absolute atomic E-state index is 0.220. The van der Waals surface area contributed by atoms with Crippen molar-refractivity contribution in [3.05, 3.63) is 17.5 Å². The lowest BCUT2D eigenvalue weighted by Crippen LogP contribution is -2.17. The number of unbranched alkanes of at least 4 members (excludes halogenated alkanes) is 1. The van der Waals surface area contributed by atoms with Crippen molar-refractivity contribution in [1.82, 2.24) is 15.1 Å². The molecule has 1 aromatic rings. The molecule has 0 saturated heterocycles. The van der Waals surface area contributed by atoms with Crippen LogP contribution in [0.15, 0.2) is 6.07 Å². The summed E-state index contributed by atoms with van der Waals surface area (Å²) >= 11 is 0. The fourth-order valence-electron chi connectivity index (χ4n) is 1.60. The van der Waals surface area contributed by atoms with Gasteiger partial charge in [-0.3, -0.25) is 9.48 Å². The highest BCUT2D eigenvalue weighted by molar-refractivity contribution is 5.73. The number of aryl methyl sites for hydroxylation is 2. The van der Waals surface area contributed by atoms with Crippen molar-refractivity contribution < 1.29 is 4.79 Å². The van der Waals surface area contributed by atoms with E-state index in [0.29, 0.717) is 6.42 Å². The van der Waals surface area contributed by atoms with E-state index in [0.717, 1.165) is 31.6 Å². The number of nitrogens with one attached hydrogen (secondary N) is 1. The molecule has 16 heavy (non-hydrogen) atoms. The van der Waals surface area contributed by atoms with Gasteiger partial charge in [-0.05, 0) is 32.4 Å². The summed E-state index contributed by atoms with van der Waals surface area (Å²) in [6, 6.07) is 2.07. The predicted molar refractivity (Wildman–Crippen MR) is 62.7 cm³/mol. The van der Waals surface area contributed by atoms with Crippen LogP contribution in [0.2, 0.25) is 0 Å². The number of hydrogen-bond donors (Lipinski definition) is 2. The van der Waals surface area contributed by atoms with Gasteiger partial charge in [0.2, 0.25) is 5.91 Å². The monoisotopic (exact) mass is 224 g/mol. The molecule has 0 aliphatic rings. The van der Waals surface area contributed by atoms with E-state index in [1.165, 1.54) is 5.69 Å². The number of amides is 1. The molecule has 0 spiro atoms. The van der Waals surface area contributed by atoms with E-state index < -0.39 is 0 Å². The Kier molecular flexibility index (Phi) is 4.98. The molecule has 1 heterocycles. The van der Waals surface area contributed by atoms with Crippen LogP contribution in [0.5, 0.6) is 0 Å². The van der Waals surface area contributed by atoms with Gasteiger partial charge in [-0.2, -0.15) is 5.10 Å². The second kappa shape index (κ2) is 6.27. The van der Waals surface area contributed by atoms with E-state index in [1.807, 2.05) is 18.7 Å². The molecule has 0 radical (unpaired) electrons. The standard InChI is InChI=1S/C11H20N4O/c1-9-7-10(15(2)14-9)8-13-6-4-3-5-11(12)16/h7,13H,3-6,8H2,1-2H3,(H2,12,16). The molecule has 5 nitrogen and oxygen atoms in total. The third-order valence-corrected chi connectivity index (χ3v) is 2.43. The molecule has 3 N–H and O–H groups in total. The Labute approximate surface area is 96.0 Å². The molecule has 0 bridgehead atoms. The molecule has 0 atom stereocenters. The molecular weight excluding hydrogens is 204 g/mol. The van der Waals surface area contributed by atoms with Crippen molar-refractivity contribution in [2.24, 2.45) is 12.8 Å². The van der Waals surface area contributed by atoms with Crippen LogP contribution in [-0.4, -0.2) is 22.2 Å². The van der Waals surface area contributed by atoms with Gasteiger partial charge in [0.25, 0.3) is 0 Å². The van der Waals surface area contributed by atoms with E-state index in [9.17, 15) is 4.79 Å². The lowest BCUT2D eigenvalue weighted by molar-refractivity contribution is -0.118. The minimum atomic E-state index is -0.220. The first-order valence-corrected chi connectivity index (χ1v) is 5.58. The Hall–Kier alpha value is -1.36. The highest BCUT2D eigenvalue weighted by Gasteiger charge is 2.00. The van der Waals surface area contributed by atoms with Gasteiger partial charge in [0.15, 0.2) is 0 Å². The predicted octanol–water partition coefficient (Wildman–Crippen LogP) is 0.474. The topological polar surface area (TPSA) is 72.9 Å². The maximum absolute atomic E-state index is 10.5. The van der Waals surface area contributed by atoms with Crippen molar-refractivity contribution in [1.29, 1.82) is 0 Å². The molecular formula is C11H20N4O. The lowest BCUT2D eigenvalue weighted by atomic mass is 10.2. The fourth-order valence-corrected chi connectivity index (χ4v) is 1.60. The number of carbonyl (C=O) groups excluding carboxylic acids is 1. The Morgan fingerprint density at radius 3 is 2.88 bits per heavy atom. The maximum Gasteiger partial charge on any atom is 0.217 e. The largest absolute Gasteiger partial charge is 0.370 e. The van der Waals surface area contributed by atoms with Crippen molar-refractivity contribution in [3.63, 3.8) is 0 Å². The van der Waals surface area contributed by atoms with Gasteiger partial charge in [0.05, 0.1) is 11.4 Å². The zero-order chi connectivity index (χ0) is 12.0. The van der Waals surface area contributed by atoms with Crippen LogP contribution in [0, 0.1) is 6.92 Å². The van der Waals surface area contributed by atoms with E-state index in [2.05, 4.69) is 16.5 Å². The number of rotatable bonds is 7. The fraction of sp³-hybridized carbons (Fsp3) is 0.636. The second-order valence-electron chi connectivity index (χ2n) is 4.00. The van der Waals surface area contributed by atoms with Gasteiger partial charge >= 0.3 is 0 Å². The van der Waals surface area contributed by atoms with E-state index in [-0.39, 0.29) is 5.91 Å². The third kappa shape index (κ3) is 4.44. The Balaban J connectivity index is 2.11. The lowest BCUT2D eigenvalue weighted by Gasteiger charge is -2.04. The summed E-state index contributed by atoms with van der Waals surface area (Å²) in [6.45, 7) is 3.70. The SMILES string of the molecule is Cc1cc(CNCCCCC(N)=O)n(C)n1. The number of nitrogens with zero attached hydrogens (tertiary/aromatic N) is 2. The second-order valence-corrected chi connectivity index (χ2v) is 4.00. The summed E-state index contributed by atoms with van der Waals surface area (Å²) in [7, 11) is 1.94. The number of primary amides is 1. The Bertz CT molecular complexity index is 346. The number of nitrogens with two attached hydrogens (primary N) is 1. The summed E-state index contributed by atoms with van der Waals surface area (Å²) in [4.78, 5) is 10.5. The molecule has 0 saturated carbocycles. The molecule has 5 heteroatoms. The molecule has 1 rings (SSSR count). The van der Waals surface area contributed by atoms with Crippen LogP contribution in [-0.2, 0) is 18.4 Å². The van der Waals surface area contributed by atoms with Crippen LogP contribution in [0.3, 0.4) is 0 Å². The molecule has 1 aromatic heterocycles. The number of aromatic nitrogens is 2. The highest BCUT2D eigenvalue weighted by atomic mass is 16.1. The molecule has 0 aliphatic carbocycles. The summed E-state index contributed by atoms with van der Waals surface area (Å²) < 4.78 is 1.88. The van der Waals surface area contributed by atoms with E-state index >= 15 is 0 Å². The van der Waals surface area contributed by atoms with E-state index in [4.69, 9.17) is 5.73 Å². The zero-order valence-electron chi connectivity index (χ0n) is 9.99. The van der Waals surface area contributed by atoms with Crippen LogP contribution >= 0.6 is 0 Å². The highest BCUT2D eigenvalue weighted by Crippen LogP contribution is 2.01. The molecule has 0 aromatic carbocycles. The van der Waals surface area contributed by atoms with Crippen molar-refractivity contribution in [2.45, 2.75) is 32.7 Å². The minimum Gasteiger partial charge on any atom is -0.370 e. The van der Waals surface area contributed by atoms with Crippen LogP contribution in [0.4, 0.5) is 0 Å². The first-order chi connectivity index (χ1) is 7.59. The summed E-state index contributed by atoms with van der Waals surface area (Å²) in [6.07, 6.45) is 2.30. The molecule has 90 valence electrons. The Morgan fingerprint density at radius 2 is 2.31 bits per heavy atom. The van der Waals surface area contributed by atoms with E-state index in [1.54, 1.807) is 0 Å². The summed E-state index contributed by atoms with van der Waals surface area (Å²) in [5.74, 6) is -0.220. The summed E-state index contributed by atoms with van der Waals surface area (Å²) in [5.41, 5.74) is 7.26. The molecule has 0 aliphatic heterocycles. The van der Waals surface area contributed by atoms with Crippen LogP contribution in [0.1, 0.15) is 30.7 Å². The van der Waals surface area contributed by atoms with Crippen molar-refractivity contribution >= 4 is 5.91 Å². The average Bonchev–Trinajstić information content (AvgIpc) is 2.50. The van der Waals surface area contributed by atoms with Gasteiger partial charge in [-0.15, -0.1) is 0 Å². The van der Waals surface area contributed by atoms with Crippen molar-refractivity contribution in [3.8, 4) is 0 Å². The van der Waals surface area contributed by atoms with Crippen molar-refractivity contribution in [2.75, 3.05) is 6.54 Å². The van der Waals surface area contributed by atoms with Gasteiger partial charge in [-0.25, -0.2) is 0 Å².